The number of rotatable bonds is 3. The van der Waals surface area contributed by atoms with E-state index in [-0.39, 0.29) is 23.3 Å². The average molecular weight is 406 g/mol. The molecule has 1 unspecified atom stereocenters. The van der Waals surface area contributed by atoms with Crippen LogP contribution in [-0.2, 0) is 19.6 Å². The highest BCUT2D eigenvalue weighted by atomic mass is 32.2. The predicted molar refractivity (Wildman–Crippen MR) is 101 cm³/mol. The van der Waals surface area contributed by atoms with Crippen molar-refractivity contribution in [2.75, 3.05) is 39.4 Å². The van der Waals surface area contributed by atoms with Crippen molar-refractivity contribution in [1.29, 1.82) is 0 Å². The van der Waals surface area contributed by atoms with Crippen LogP contribution in [0.3, 0.4) is 0 Å². The van der Waals surface area contributed by atoms with E-state index in [1.54, 1.807) is 11.0 Å². The summed E-state index contributed by atoms with van der Waals surface area (Å²) >= 11 is 0. The third-order valence-electron chi connectivity index (χ3n) is 5.28. The van der Waals surface area contributed by atoms with E-state index in [1.165, 1.54) is 28.6 Å². The molecule has 8 nitrogen and oxygen atoms in total. The van der Waals surface area contributed by atoms with E-state index in [4.69, 9.17) is 9.15 Å². The minimum atomic E-state index is -3.74. The first-order valence-electron chi connectivity index (χ1n) is 9.36. The molecule has 28 heavy (non-hydrogen) atoms. The number of amides is 1. The molecule has 0 spiro atoms. The van der Waals surface area contributed by atoms with E-state index >= 15 is 0 Å². The molecule has 1 amide bonds. The number of hydrogen-bond donors (Lipinski definition) is 0. The van der Waals surface area contributed by atoms with Crippen molar-refractivity contribution in [3.05, 3.63) is 40.8 Å². The maximum atomic E-state index is 13.1. The zero-order valence-corrected chi connectivity index (χ0v) is 16.2. The highest BCUT2D eigenvalue weighted by Gasteiger charge is 2.35. The second-order valence-corrected chi connectivity index (χ2v) is 9.03. The van der Waals surface area contributed by atoms with Crippen LogP contribution in [0.1, 0.15) is 12.8 Å². The van der Waals surface area contributed by atoms with Crippen molar-refractivity contribution in [3.8, 4) is 0 Å². The Labute approximate surface area is 162 Å². The van der Waals surface area contributed by atoms with E-state index in [0.29, 0.717) is 56.7 Å². The Morgan fingerprint density at radius 2 is 1.86 bits per heavy atom. The number of carbonyl (C=O) groups is 1. The molecule has 0 bridgehead atoms. The van der Waals surface area contributed by atoms with Crippen LogP contribution in [0.5, 0.6) is 0 Å². The van der Waals surface area contributed by atoms with Gasteiger partial charge in [0.15, 0.2) is 0 Å². The second kappa shape index (κ2) is 7.65. The van der Waals surface area contributed by atoms with Gasteiger partial charge in [0.25, 0.3) is 0 Å². The molecule has 2 aliphatic heterocycles. The Bertz CT molecular complexity index is 1040. The molecule has 0 aliphatic carbocycles. The highest BCUT2D eigenvalue weighted by molar-refractivity contribution is 7.89. The van der Waals surface area contributed by atoms with Crippen LogP contribution in [0.15, 0.2) is 44.4 Å². The zero-order valence-electron chi connectivity index (χ0n) is 15.4. The Kier molecular flexibility index (Phi) is 5.22. The van der Waals surface area contributed by atoms with Crippen molar-refractivity contribution in [1.82, 2.24) is 9.21 Å². The fourth-order valence-electron chi connectivity index (χ4n) is 3.76. The number of nitrogens with zero attached hydrogens (tertiary/aromatic N) is 2. The molecule has 1 aromatic heterocycles. The molecular formula is C19H22N2O6S. The molecular weight excluding hydrogens is 384 g/mol. The second-order valence-electron chi connectivity index (χ2n) is 7.09. The fraction of sp³-hybridized carbons (Fsp3) is 0.474. The molecule has 9 heteroatoms. The van der Waals surface area contributed by atoms with Gasteiger partial charge in [0.1, 0.15) is 5.58 Å². The van der Waals surface area contributed by atoms with Crippen LogP contribution >= 0.6 is 0 Å². The monoisotopic (exact) mass is 406 g/mol. The van der Waals surface area contributed by atoms with Gasteiger partial charge in [-0.15, -0.1) is 0 Å². The number of benzene rings is 1. The Balaban J connectivity index is 1.56. The molecule has 0 saturated carbocycles. The maximum Gasteiger partial charge on any atom is 0.336 e. The number of ether oxygens (including phenoxy) is 1. The highest BCUT2D eigenvalue weighted by Crippen LogP contribution is 2.27. The van der Waals surface area contributed by atoms with Gasteiger partial charge in [-0.2, -0.15) is 4.31 Å². The van der Waals surface area contributed by atoms with Gasteiger partial charge >= 0.3 is 5.63 Å². The van der Waals surface area contributed by atoms with Crippen molar-refractivity contribution in [2.45, 2.75) is 17.7 Å². The van der Waals surface area contributed by atoms with Gasteiger partial charge in [0.2, 0.25) is 15.9 Å². The van der Waals surface area contributed by atoms with Crippen molar-refractivity contribution < 1.29 is 22.4 Å². The molecule has 2 saturated heterocycles. The SMILES string of the molecule is O=C(C1CCCN(S(=O)(=O)c2ccc3oc(=O)ccc3c2)C1)N1CCOCC1. The first-order chi connectivity index (χ1) is 13.4. The Hall–Kier alpha value is -2.23. The van der Waals surface area contributed by atoms with E-state index in [0.717, 1.165) is 0 Å². The number of hydrogen-bond acceptors (Lipinski definition) is 6. The largest absolute Gasteiger partial charge is 0.423 e. The molecule has 2 aliphatic rings. The first kappa shape index (κ1) is 19.1. The molecule has 1 aromatic carbocycles. The summed E-state index contributed by atoms with van der Waals surface area (Å²) in [5.41, 5.74) is -0.144. The van der Waals surface area contributed by atoms with Crippen LogP contribution in [0.25, 0.3) is 11.0 Å². The van der Waals surface area contributed by atoms with Crippen LogP contribution in [0.2, 0.25) is 0 Å². The van der Waals surface area contributed by atoms with E-state index in [2.05, 4.69) is 0 Å². The minimum absolute atomic E-state index is 0.00323. The van der Waals surface area contributed by atoms with Gasteiger partial charge in [-0.3, -0.25) is 4.79 Å². The number of morpholine rings is 1. The van der Waals surface area contributed by atoms with Gasteiger partial charge in [-0.05, 0) is 37.1 Å². The third-order valence-corrected chi connectivity index (χ3v) is 7.15. The lowest BCUT2D eigenvalue weighted by Crippen LogP contribution is -2.49. The average Bonchev–Trinajstić information content (AvgIpc) is 2.73. The summed E-state index contributed by atoms with van der Waals surface area (Å²) in [6, 6.07) is 7.23. The van der Waals surface area contributed by atoms with Crippen LogP contribution in [0, 0.1) is 5.92 Å². The topological polar surface area (TPSA) is 97.1 Å². The van der Waals surface area contributed by atoms with E-state index in [9.17, 15) is 18.0 Å². The molecule has 2 fully saturated rings. The Morgan fingerprint density at radius 3 is 2.64 bits per heavy atom. The molecule has 2 aromatic rings. The van der Waals surface area contributed by atoms with Crippen molar-refractivity contribution in [3.63, 3.8) is 0 Å². The summed E-state index contributed by atoms with van der Waals surface area (Å²) in [5, 5.41) is 0.540. The quantitative estimate of drug-likeness (QED) is 0.707. The normalized spacial score (nSPS) is 21.7. The smallest absolute Gasteiger partial charge is 0.336 e. The molecule has 0 N–H and O–H groups in total. The fourth-order valence-corrected chi connectivity index (χ4v) is 5.32. The predicted octanol–water partition coefficient (Wildman–Crippen LogP) is 1.05. The summed E-state index contributed by atoms with van der Waals surface area (Å²) < 4.78 is 38.0. The van der Waals surface area contributed by atoms with Gasteiger partial charge in [-0.25, -0.2) is 13.2 Å². The zero-order chi connectivity index (χ0) is 19.7. The van der Waals surface area contributed by atoms with E-state index < -0.39 is 15.6 Å². The van der Waals surface area contributed by atoms with Gasteiger partial charge in [0, 0.05) is 37.6 Å². The van der Waals surface area contributed by atoms with E-state index in [1.807, 2.05) is 0 Å². The maximum absolute atomic E-state index is 13.1. The van der Waals surface area contributed by atoms with Crippen molar-refractivity contribution in [2.24, 2.45) is 5.92 Å². The number of sulfonamides is 1. The summed E-state index contributed by atoms with van der Waals surface area (Å²) in [4.78, 5) is 26.0. The molecule has 3 heterocycles. The Morgan fingerprint density at radius 1 is 1.07 bits per heavy atom. The number of carbonyl (C=O) groups excluding carboxylic acids is 1. The first-order valence-corrected chi connectivity index (χ1v) is 10.8. The molecule has 150 valence electrons. The summed E-state index contributed by atoms with van der Waals surface area (Å²) in [6.45, 7) is 2.72. The molecule has 4 rings (SSSR count). The molecule has 1 atom stereocenters. The molecule has 0 radical (unpaired) electrons. The van der Waals surface area contributed by atoms with Crippen molar-refractivity contribution >= 4 is 26.9 Å². The third kappa shape index (κ3) is 3.69. The lowest BCUT2D eigenvalue weighted by Gasteiger charge is -2.35. The number of fused-ring (bicyclic) bond motifs is 1. The summed E-state index contributed by atoms with van der Waals surface area (Å²) in [7, 11) is -3.74. The van der Waals surface area contributed by atoms with Gasteiger partial charge in [-0.1, -0.05) is 0 Å². The standard InChI is InChI=1S/C19H22N2O6S/c22-18-6-3-14-12-16(4-5-17(14)27-18)28(24,25)21-7-1-2-15(13-21)19(23)20-8-10-26-11-9-20/h3-6,12,15H,1-2,7-11,13H2. The van der Waals surface area contributed by atoms with Crippen LogP contribution < -0.4 is 5.63 Å². The minimum Gasteiger partial charge on any atom is -0.423 e. The van der Waals surface area contributed by atoms with Crippen LogP contribution in [0.4, 0.5) is 0 Å². The lowest BCUT2D eigenvalue weighted by atomic mass is 9.98. The summed E-state index contributed by atoms with van der Waals surface area (Å²) in [6.07, 6.45) is 1.33. The van der Waals surface area contributed by atoms with Crippen LogP contribution in [-0.4, -0.2) is 62.9 Å². The number of piperidine rings is 1. The van der Waals surface area contributed by atoms with Gasteiger partial charge < -0.3 is 14.1 Å². The van der Waals surface area contributed by atoms with Gasteiger partial charge in [0.05, 0.1) is 24.0 Å². The summed E-state index contributed by atoms with van der Waals surface area (Å²) in [5.74, 6) is -0.330. The lowest BCUT2D eigenvalue weighted by molar-refractivity contribution is -0.140.